The molecular weight excluding hydrogens is 374 g/mol. The summed E-state index contributed by atoms with van der Waals surface area (Å²) in [5, 5.41) is 5.27. The van der Waals surface area contributed by atoms with E-state index in [0.29, 0.717) is 6.42 Å². The fourth-order valence-corrected chi connectivity index (χ4v) is 2.77. The average Bonchev–Trinajstić information content (AvgIpc) is 2.46. The quantitative estimate of drug-likeness (QED) is 0.619. The molecule has 132 valence electrons. The molecule has 0 spiro atoms. The third-order valence-corrected chi connectivity index (χ3v) is 4.22. The number of rotatable bonds is 8. The largest absolute Gasteiger partial charge is 0.368 e. The Kier molecular flexibility index (Phi) is 7.91. The summed E-state index contributed by atoms with van der Waals surface area (Å²) in [7, 11) is 0. The second-order valence-electron chi connectivity index (χ2n) is 6.14. The van der Waals surface area contributed by atoms with Crippen LogP contribution >= 0.6 is 15.9 Å². The van der Waals surface area contributed by atoms with E-state index in [1.54, 1.807) is 0 Å². The standard InChI is InChI=1S/C17H24BrN3O3/c1-10(2)8-15(20-11(3)22)17(24)21-14(16(19)23)9-12-6-4-5-7-13(12)18/h4-7,10,14-15H,8-9H2,1-3H3,(H2,19,23)(H,20,22)(H,21,24)/t14-,15-/m0/s1. The zero-order valence-corrected chi connectivity index (χ0v) is 15.7. The van der Waals surface area contributed by atoms with Crippen molar-refractivity contribution in [1.29, 1.82) is 0 Å². The van der Waals surface area contributed by atoms with Crippen molar-refractivity contribution in [2.45, 2.75) is 45.7 Å². The van der Waals surface area contributed by atoms with Crippen LogP contribution < -0.4 is 16.4 Å². The first-order valence-electron chi connectivity index (χ1n) is 7.81. The molecule has 0 aliphatic heterocycles. The molecule has 24 heavy (non-hydrogen) atoms. The molecule has 4 N–H and O–H groups in total. The number of nitrogens with one attached hydrogen (secondary N) is 2. The second-order valence-corrected chi connectivity index (χ2v) is 7.00. The summed E-state index contributed by atoms with van der Waals surface area (Å²) in [4.78, 5) is 35.5. The van der Waals surface area contributed by atoms with Gasteiger partial charge >= 0.3 is 0 Å². The molecule has 0 aliphatic rings. The SMILES string of the molecule is CC(=O)N[C@@H](CC(C)C)C(=O)N[C@@H](Cc1ccccc1Br)C(N)=O. The predicted molar refractivity (Wildman–Crippen MR) is 96.0 cm³/mol. The lowest BCUT2D eigenvalue weighted by Gasteiger charge is -2.23. The smallest absolute Gasteiger partial charge is 0.243 e. The summed E-state index contributed by atoms with van der Waals surface area (Å²) in [6.45, 7) is 5.26. The molecule has 0 unspecified atom stereocenters. The first-order valence-corrected chi connectivity index (χ1v) is 8.60. The number of carbonyl (C=O) groups excluding carboxylic acids is 3. The summed E-state index contributed by atoms with van der Waals surface area (Å²) < 4.78 is 0.839. The number of halogens is 1. The van der Waals surface area contributed by atoms with Gasteiger partial charge in [0.15, 0.2) is 0 Å². The third kappa shape index (κ3) is 6.70. The molecule has 0 aromatic heterocycles. The molecule has 2 atom stereocenters. The Labute approximate surface area is 150 Å². The molecule has 0 aliphatic carbocycles. The monoisotopic (exact) mass is 397 g/mol. The van der Waals surface area contributed by atoms with Gasteiger partial charge < -0.3 is 16.4 Å². The van der Waals surface area contributed by atoms with E-state index in [2.05, 4.69) is 26.6 Å². The maximum atomic E-state index is 12.5. The third-order valence-electron chi connectivity index (χ3n) is 3.44. The number of hydrogen-bond acceptors (Lipinski definition) is 3. The molecule has 0 bridgehead atoms. The minimum absolute atomic E-state index is 0.211. The van der Waals surface area contributed by atoms with Gasteiger partial charge in [0.2, 0.25) is 17.7 Å². The van der Waals surface area contributed by atoms with Crippen molar-refractivity contribution in [3.05, 3.63) is 34.3 Å². The Bertz CT molecular complexity index is 604. The van der Waals surface area contributed by atoms with E-state index < -0.39 is 23.9 Å². The number of benzene rings is 1. The Morgan fingerprint density at radius 3 is 2.25 bits per heavy atom. The summed E-state index contributed by atoms with van der Waals surface area (Å²) >= 11 is 3.41. The van der Waals surface area contributed by atoms with Crippen molar-refractivity contribution in [2.24, 2.45) is 11.7 Å². The minimum Gasteiger partial charge on any atom is -0.368 e. The summed E-state index contributed by atoms with van der Waals surface area (Å²) in [6.07, 6.45) is 0.753. The van der Waals surface area contributed by atoms with Gasteiger partial charge in [0, 0.05) is 17.8 Å². The minimum atomic E-state index is -0.848. The van der Waals surface area contributed by atoms with Crippen LogP contribution in [0.15, 0.2) is 28.7 Å². The van der Waals surface area contributed by atoms with E-state index in [-0.39, 0.29) is 18.2 Å². The van der Waals surface area contributed by atoms with Crippen molar-refractivity contribution >= 4 is 33.7 Å². The van der Waals surface area contributed by atoms with Crippen LogP contribution in [0.3, 0.4) is 0 Å². The van der Waals surface area contributed by atoms with E-state index in [0.717, 1.165) is 10.0 Å². The Hall–Kier alpha value is -1.89. The zero-order chi connectivity index (χ0) is 18.3. The number of carbonyl (C=O) groups is 3. The lowest BCUT2D eigenvalue weighted by atomic mass is 10.0. The fourth-order valence-electron chi connectivity index (χ4n) is 2.33. The van der Waals surface area contributed by atoms with E-state index in [9.17, 15) is 14.4 Å². The van der Waals surface area contributed by atoms with Gasteiger partial charge in [-0.3, -0.25) is 14.4 Å². The van der Waals surface area contributed by atoms with Crippen LogP contribution in [-0.2, 0) is 20.8 Å². The second kappa shape index (κ2) is 9.42. The molecule has 1 aromatic rings. The predicted octanol–water partition coefficient (Wildman–Crippen LogP) is 1.51. The molecule has 7 heteroatoms. The van der Waals surface area contributed by atoms with Gasteiger partial charge in [-0.05, 0) is 24.0 Å². The zero-order valence-electron chi connectivity index (χ0n) is 14.1. The Balaban J connectivity index is 2.85. The van der Waals surface area contributed by atoms with Gasteiger partial charge in [0.05, 0.1) is 0 Å². The van der Waals surface area contributed by atoms with Crippen molar-refractivity contribution < 1.29 is 14.4 Å². The fraction of sp³-hybridized carbons (Fsp3) is 0.471. The molecular formula is C17H24BrN3O3. The summed E-state index contributed by atoms with van der Waals surface area (Å²) in [5.74, 6) is -1.11. The highest BCUT2D eigenvalue weighted by Gasteiger charge is 2.26. The topological polar surface area (TPSA) is 101 Å². The van der Waals surface area contributed by atoms with E-state index in [1.807, 2.05) is 38.1 Å². The van der Waals surface area contributed by atoms with E-state index in [4.69, 9.17) is 5.73 Å². The molecule has 0 saturated carbocycles. The maximum absolute atomic E-state index is 12.5. The highest BCUT2D eigenvalue weighted by Crippen LogP contribution is 2.17. The van der Waals surface area contributed by atoms with Crippen molar-refractivity contribution in [3.63, 3.8) is 0 Å². The van der Waals surface area contributed by atoms with Crippen LogP contribution in [0.25, 0.3) is 0 Å². The Morgan fingerprint density at radius 1 is 1.12 bits per heavy atom. The highest BCUT2D eigenvalue weighted by molar-refractivity contribution is 9.10. The highest BCUT2D eigenvalue weighted by atomic mass is 79.9. The van der Waals surface area contributed by atoms with Crippen molar-refractivity contribution in [1.82, 2.24) is 10.6 Å². The van der Waals surface area contributed by atoms with Gasteiger partial charge in [-0.25, -0.2) is 0 Å². The number of primary amides is 1. The summed E-state index contributed by atoms with van der Waals surface area (Å²) in [5.41, 5.74) is 6.29. The van der Waals surface area contributed by atoms with Gasteiger partial charge in [0.25, 0.3) is 0 Å². The lowest BCUT2D eigenvalue weighted by molar-refractivity contribution is -0.131. The van der Waals surface area contributed by atoms with Gasteiger partial charge in [-0.15, -0.1) is 0 Å². The van der Waals surface area contributed by atoms with Crippen LogP contribution in [0.4, 0.5) is 0 Å². The molecule has 0 radical (unpaired) electrons. The Morgan fingerprint density at radius 2 is 1.75 bits per heavy atom. The van der Waals surface area contributed by atoms with Gasteiger partial charge in [-0.2, -0.15) is 0 Å². The van der Waals surface area contributed by atoms with Crippen LogP contribution in [0.5, 0.6) is 0 Å². The molecule has 3 amide bonds. The molecule has 1 aromatic carbocycles. The lowest BCUT2D eigenvalue weighted by Crippen LogP contribution is -2.53. The number of amides is 3. The van der Waals surface area contributed by atoms with Crippen molar-refractivity contribution in [3.8, 4) is 0 Å². The van der Waals surface area contributed by atoms with E-state index in [1.165, 1.54) is 6.92 Å². The van der Waals surface area contributed by atoms with Crippen LogP contribution in [0, 0.1) is 5.92 Å². The first-order chi connectivity index (χ1) is 11.2. The summed E-state index contributed by atoms with van der Waals surface area (Å²) in [6, 6.07) is 5.88. The van der Waals surface area contributed by atoms with Crippen LogP contribution in [0.2, 0.25) is 0 Å². The van der Waals surface area contributed by atoms with Crippen LogP contribution in [-0.4, -0.2) is 29.8 Å². The average molecular weight is 398 g/mol. The van der Waals surface area contributed by atoms with Gasteiger partial charge in [-0.1, -0.05) is 48.0 Å². The van der Waals surface area contributed by atoms with E-state index >= 15 is 0 Å². The molecule has 0 heterocycles. The molecule has 1 rings (SSSR count). The number of nitrogens with two attached hydrogens (primary N) is 1. The molecule has 6 nitrogen and oxygen atoms in total. The van der Waals surface area contributed by atoms with Gasteiger partial charge in [0.1, 0.15) is 12.1 Å². The first kappa shape index (κ1) is 20.2. The molecule has 0 fully saturated rings. The number of hydrogen-bond donors (Lipinski definition) is 3. The van der Waals surface area contributed by atoms with Crippen LogP contribution in [0.1, 0.15) is 32.8 Å². The normalized spacial score (nSPS) is 13.2. The molecule has 0 saturated heterocycles. The maximum Gasteiger partial charge on any atom is 0.243 e. The van der Waals surface area contributed by atoms with Crippen molar-refractivity contribution in [2.75, 3.05) is 0 Å².